The molecule has 5 saturated heterocycles. The van der Waals surface area contributed by atoms with Crippen LogP contribution in [-0.2, 0) is 23.7 Å². The second-order valence-electron chi connectivity index (χ2n) is 13.6. The van der Waals surface area contributed by atoms with Gasteiger partial charge in [-0.1, -0.05) is 32.1 Å². The predicted molar refractivity (Wildman–Crippen MR) is 138 cm³/mol. The molecule has 2 N–H and O–H groups in total. The Balaban J connectivity index is 1.19. The summed E-state index contributed by atoms with van der Waals surface area (Å²) in [7, 11) is 0. The van der Waals surface area contributed by atoms with Crippen molar-refractivity contribution in [3.63, 3.8) is 0 Å². The maximum absolute atomic E-state index is 12.0. The minimum absolute atomic E-state index is 0.0401. The Morgan fingerprint density at radius 2 is 1.78 bits per heavy atom. The number of fused-ring (bicyclic) bond motifs is 2. The van der Waals surface area contributed by atoms with Gasteiger partial charge in [-0.25, -0.2) is 4.79 Å². The highest BCUT2D eigenvalue weighted by molar-refractivity contribution is 5.91. The summed E-state index contributed by atoms with van der Waals surface area (Å²) in [6.45, 7) is 15.6. The maximum atomic E-state index is 12.0. The molecule has 7 heteroatoms. The molecule has 2 bridgehead atoms. The van der Waals surface area contributed by atoms with E-state index in [9.17, 15) is 15.0 Å². The van der Waals surface area contributed by atoms with Crippen molar-refractivity contribution < 1.29 is 34.0 Å². The first-order valence-electron chi connectivity index (χ1n) is 14.2. The second-order valence-corrected chi connectivity index (χ2v) is 13.6. The van der Waals surface area contributed by atoms with Crippen LogP contribution in [0.1, 0.15) is 92.4 Å². The zero-order chi connectivity index (χ0) is 26.9. The fourth-order valence-electron chi connectivity index (χ4n) is 7.82. The van der Waals surface area contributed by atoms with Gasteiger partial charge in [0.05, 0.1) is 12.2 Å². The highest BCUT2D eigenvalue weighted by Gasteiger charge is 2.71. The number of rotatable bonds is 5. The molecule has 0 aromatic rings. The van der Waals surface area contributed by atoms with E-state index in [4.69, 9.17) is 18.9 Å². The van der Waals surface area contributed by atoms with Gasteiger partial charge < -0.3 is 29.2 Å². The van der Waals surface area contributed by atoms with E-state index in [1.54, 1.807) is 0 Å². The number of hydrogen-bond donors (Lipinski definition) is 2. The molecule has 37 heavy (non-hydrogen) atoms. The highest BCUT2D eigenvalue weighted by atomic mass is 16.8. The molecular formula is C30H46O7. The highest BCUT2D eigenvalue weighted by Crippen LogP contribution is 2.59. The average molecular weight is 519 g/mol. The summed E-state index contributed by atoms with van der Waals surface area (Å²) in [5, 5.41) is 21.3. The Bertz CT molecular complexity index is 959. The van der Waals surface area contributed by atoms with Crippen LogP contribution in [0.3, 0.4) is 0 Å². The van der Waals surface area contributed by atoms with E-state index in [0.717, 1.165) is 44.9 Å². The first kappa shape index (κ1) is 27.3. The first-order valence-corrected chi connectivity index (χ1v) is 14.2. The monoisotopic (exact) mass is 518 g/mol. The molecule has 7 unspecified atom stereocenters. The quantitative estimate of drug-likeness (QED) is 0.307. The Morgan fingerprint density at radius 1 is 1.03 bits per heavy atom. The molecule has 208 valence electrons. The van der Waals surface area contributed by atoms with E-state index < -0.39 is 34.8 Å². The number of cyclic esters (lactones) is 1. The van der Waals surface area contributed by atoms with Crippen molar-refractivity contribution >= 4 is 5.97 Å². The molecule has 7 atom stereocenters. The molecule has 0 amide bonds. The molecular weight excluding hydrogens is 472 g/mol. The summed E-state index contributed by atoms with van der Waals surface area (Å²) in [5.74, 6) is -1.34. The van der Waals surface area contributed by atoms with E-state index in [1.807, 2.05) is 19.9 Å². The standard InChI is InChI=1S/C30H46O7/c1-19-7-9-21(26(2,3)23(19)12-11-22-24(31)18-34-25(22)32)10-8-20-13-14-30(35-17-20)28(6)15-16-29(33,37-30)27(4,5)36-28/h11,20-21,23-24,31,33H,1,7-10,12-18H2,2-6H3/b22-11+. The van der Waals surface area contributed by atoms with Crippen LogP contribution in [0, 0.1) is 23.2 Å². The number of esters is 1. The van der Waals surface area contributed by atoms with E-state index in [2.05, 4.69) is 27.4 Å². The Labute approximate surface area is 221 Å². The minimum Gasteiger partial charge on any atom is -0.459 e. The van der Waals surface area contributed by atoms with Crippen LogP contribution in [0.2, 0.25) is 0 Å². The molecule has 7 nitrogen and oxygen atoms in total. The number of hydrogen-bond acceptors (Lipinski definition) is 7. The molecule has 1 spiro atoms. The van der Waals surface area contributed by atoms with Crippen molar-refractivity contribution in [2.24, 2.45) is 23.2 Å². The smallest absolute Gasteiger partial charge is 0.336 e. The normalized spacial score (nSPS) is 46.0. The summed E-state index contributed by atoms with van der Waals surface area (Å²) in [6.07, 6.45) is 9.09. The van der Waals surface area contributed by atoms with Gasteiger partial charge in [0.1, 0.15) is 23.9 Å². The molecule has 0 aromatic heterocycles. The number of aliphatic hydroxyl groups is 2. The van der Waals surface area contributed by atoms with Gasteiger partial charge in [0.2, 0.25) is 5.79 Å². The van der Waals surface area contributed by atoms with Crippen LogP contribution in [-0.4, -0.2) is 58.3 Å². The molecule has 1 saturated carbocycles. The van der Waals surface area contributed by atoms with E-state index in [1.165, 1.54) is 5.57 Å². The lowest BCUT2D eigenvalue weighted by Crippen LogP contribution is -2.78. The third-order valence-corrected chi connectivity index (χ3v) is 10.7. The van der Waals surface area contributed by atoms with Gasteiger partial charge in [0.25, 0.3) is 0 Å². The zero-order valence-electron chi connectivity index (χ0n) is 23.3. The van der Waals surface area contributed by atoms with Crippen LogP contribution >= 0.6 is 0 Å². The van der Waals surface area contributed by atoms with Crippen LogP contribution in [0.5, 0.6) is 0 Å². The third kappa shape index (κ3) is 4.43. The number of aliphatic hydroxyl groups excluding tert-OH is 1. The molecule has 0 aromatic carbocycles. The van der Waals surface area contributed by atoms with Crippen LogP contribution in [0.4, 0.5) is 0 Å². The van der Waals surface area contributed by atoms with Gasteiger partial charge in [-0.05, 0) is 88.9 Å². The molecule has 6 aliphatic rings. The van der Waals surface area contributed by atoms with Gasteiger partial charge in [-0.15, -0.1) is 0 Å². The van der Waals surface area contributed by atoms with Gasteiger partial charge >= 0.3 is 5.97 Å². The van der Waals surface area contributed by atoms with Crippen molar-refractivity contribution in [3.8, 4) is 0 Å². The average Bonchev–Trinajstić information content (AvgIpc) is 3.13. The van der Waals surface area contributed by atoms with Gasteiger partial charge in [-0.2, -0.15) is 0 Å². The number of ether oxygens (including phenoxy) is 4. The van der Waals surface area contributed by atoms with Crippen molar-refractivity contribution in [1.29, 1.82) is 0 Å². The van der Waals surface area contributed by atoms with Crippen molar-refractivity contribution in [2.45, 2.75) is 121 Å². The van der Waals surface area contributed by atoms with Crippen molar-refractivity contribution in [2.75, 3.05) is 13.2 Å². The summed E-state index contributed by atoms with van der Waals surface area (Å²) in [4.78, 5) is 12.0. The Morgan fingerprint density at radius 3 is 2.41 bits per heavy atom. The van der Waals surface area contributed by atoms with Gasteiger partial charge in [-0.3, -0.25) is 0 Å². The number of carbonyl (C=O) groups is 1. The fraction of sp³-hybridized carbons (Fsp3) is 0.833. The number of carbonyl (C=O) groups excluding carboxylic acids is 1. The first-order chi connectivity index (χ1) is 17.2. The second kappa shape index (κ2) is 9.16. The lowest BCUT2D eigenvalue weighted by Gasteiger charge is -2.66. The van der Waals surface area contributed by atoms with E-state index in [-0.39, 0.29) is 17.9 Å². The van der Waals surface area contributed by atoms with Crippen molar-refractivity contribution in [3.05, 3.63) is 23.8 Å². The SMILES string of the molecule is C=C1CCC(CCC2CCC3(OC2)OC2(O)CCC3(C)OC2(C)C)C(C)(C)C1C/C=C1/C(=O)OCC1O. The van der Waals surface area contributed by atoms with E-state index in [0.29, 0.717) is 36.9 Å². The Hall–Kier alpha value is -1.25. The topological polar surface area (TPSA) is 94.5 Å². The third-order valence-electron chi connectivity index (χ3n) is 10.7. The van der Waals surface area contributed by atoms with Crippen LogP contribution in [0.25, 0.3) is 0 Å². The lowest BCUT2D eigenvalue weighted by molar-refractivity contribution is -0.522. The zero-order valence-corrected chi connectivity index (χ0v) is 23.3. The van der Waals surface area contributed by atoms with Gasteiger partial charge in [0.15, 0.2) is 5.79 Å². The number of allylic oxidation sites excluding steroid dienone is 2. The summed E-state index contributed by atoms with van der Waals surface area (Å²) < 4.78 is 24.2. The van der Waals surface area contributed by atoms with Crippen LogP contribution in [0.15, 0.2) is 23.8 Å². The fourth-order valence-corrected chi connectivity index (χ4v) is 7.82. The van der Waals surface area contributed by atoms with Gasteiger partial charge in [0, 0.05) is 12.8 Å². The van der Waals surface area contributed by atoms with E-state index >= 15 is 0 Å². The largest absolute Gasteiger partial charge is 0.459 e. The molecule has 5 aliphatic heterocycles. The summed E-state index contributed by atoms with van der Waals surface area (Å²) in [5.41, 5.74) is 0.353. The maximum Gasteiger partial charge on any atom is 0.336 e. The molecule has 6 rings (SSSR count). The Kier molecular flexibility index (Phi) is 6.76. The van der Waals surface area contributed by atoms with Crippen molar-refractivity contribution in [1.82, 2.24) is 0 Å². The molecule has 5 heterocycles. The predicted octanol–water partition coefficient (Wildman–Crippen LogP) is 4.80. The summed E-state index contributed by atoms with van der Waals surface area (Å²) >= 11 is 0. The molecule has 1 aliphatic carbocycles. The lowest BCUT2D eigenvalue weighted by atomic mass is 9.58. The van der Waals surface area contributed by atoms with Crippen LogP contribution < -0.4 is 0 Å². The minimum atomic E-state index is -1.32. The molecule has 0 radical (unpaired) electrons. The molecule has 6 fully saturated rings. The summed E-state index contributed by atoms with van der Waals surface area (Å²) in [6, 6.07) is 0.